The molecule has 1 saturated heterocycles. The number of anilines is 2. The molecule has 1 aliphatic rings. The molecule has 2 amide bonds. The number of amides is 2. The van der Waals surface area contributed by atoms with Gasteiger partial charge in [-0.1, -0.05) is 24.3 Å². The highest BCUT2D eigenvalue weighted by Crippen LogP contribution is 2.34. The van der Waals surface area contributed by atoms with Gasteiger partial charge in [0.25, 0.3) is 21.8 Å². The molecular weight excluding hydrogens is 554 g/mol. The molecule has 42 heavy (non-hydrogen) atoms. The summed E-state index contributed by atoms with van der Waals surface area (Å²) >= 11 is 0. The van der Waals surface area contributed by atoms with Crippen molar-refractivity contribution in [3.63, 3.8) is 0 Å². The first-order chi connectivity index (χ1) is 20.3. The average molecular weight is 582 g/mol. The molecule has 2 aromatic heterocycles. The summed E-state index contributed by atoms with van der Waals surface area (Å²) in [5, 5.41) is 7.35. The number of nitrogens with one attached hydrogen (secondary N) is 2. The first-order valence-electron chi connectivity index (χ1n) is 13.2. The van der Waals surface area contributed by atoms with E-state index in [1.807, 2.05) is 30.3 Å². The Bertz CT molecular complexity index is 1880. The summed E-state index contributed by atoms with van der Waals surface area (Å²) in [5.41, 5.74) is 9.36. The molecule has 0 saturated carbocycles. The third-order valence-corrected chi connectivity index (χ3v) is 8.62. The van der Waals surface area contributed by atoms with Crippen LogP contribution in [0, 0.1) is 0 Å². The van der Waals surface area contributed by atoms with Gasteiger partial charge >= 0.3 is 0 Å². The lowest BCUT2D eigenvalue weighted by Gasteiger charge is -2.34. The van der Waals surface area contributed by atoms with Gasteiger partial charge in [0.1, 0.15) is 5.69 Å². The normalized spacial score (nSPS) is 13.7. The minimum atomic E-state index is -4.04. The highest BCUT2D eigenvalue weighted by Gasteiger charge is 2.26. The van der Waals surface area contributed by atoms with Gasteiger partial charge in [0.05, 0.1) is 10.4 Å². The number of aromatic nitrogens is 3. The van der Waals surface area contributed by atoms with Crippen molar-refractivity contribution in [3.8, 4) is 11.1 Å². The lowest BCUT2D eigenvalue weighted by atomic mass is 10.0. The van der Waals surface area contributed by atoms with E-state index < -0.39 is 10.0 Å². The fourth-order valence-corrected chi connectivity index (χ4v) is 6.31. The SMILES string of the molecule is Nc1ccc(S(=O)(=O)Nc2ccc(C(=O)N3CCN(C(=O)c4ccn[nH]4)CC3)cc2)c(-c2cccc3cccnc23)c1. The number of aromatic amines is 1. The summed E-state index contributed by atoms with van der Waals surface area (Å²) in [5.74, 6) is -0.348. The van der Waals surface area contributed by atoms with Crippen LogP contribution in [0.2, 0.25) is 0 Å². The van der Waals surface area contributed by atoms with Crippen LogP contribution < -0.4 is 10.5 Å². The highest BCUT2D eigenvalue weighted by atomic mass is 32.2. The Morgan fingerprint density at radius 1 is 0.810 bits per heavy atom. The predicted octanol–water partition coefficient (Wildman–Crippen LogP) is 3.61. The molecule has 12 heteroatoms. The Morgan fingerprint density at radius 3 is 2.24 bits per heavy atom. The van der Waals surface area contributed by atoms with Crippen molar-refractivity contribution in [2.75, 3.05) is 36.6 Å². The van der Waals surface area contributed by atoms with Crippen LogP contribution in [0.4, 0.5) is 11.4 Å². The summed E-state index contributed by atoms with van der Waals surface area (Å²) in [7, 11) is -4.04. The van der Waals surface area contributed by atoms with Gasteiger partial charge in [-0.05, 0) is 54.6 Å². The summed E-state index contributed by atoms with van der Waals surface area (Å²) in [4.78, 5) is 33.5. The Morgan fingerprint density at radius 2 is 1.52 bits per heavy atom. The van der Waals surface area contributed by atoms with Gasteiger partial charge in [-0.3, -0.25) is 24.4 Å². The molecule has 4 N–H and O–H groups in total. The van der Waals surface area contributed by atoms with Crippen LogP contribution in [-0.4, -0.2) is 71.4 Å². The zero-order valence-corrected chi connectivity index (χ0v) is 23.2. The number of H-pyrrole nitrogens is 1. The van der Waals surface area contributed by atoms with Crippen LogP contribution >= 0.6 is 0 Å². The largest absolute Gasteiger partial charge is 0.399 e. The number of carbonyl (C=O) groups is 2. The van der Waals surface area contributed by atoms with Crippen LogP contribution in [0.3, 0.4) is 0 Å². The molecule has 1 fully saturated rings. The molecule has 11 nitrogen and oxygen atoms in total. The van der Waals surface area contributed by atoms with Crippen LogP contribution in [0.25, 0.3) is 22.0 Å². The van der Waals surface area contributed by atoms with Gasteiger partial charge in [0, 0.05) is 72.0 Å². The highest BCUT2D eigenvalue weighted by molar-refractivity contribution is 7.92. The van der Waals surface area contributed by atoms with Crippen LogP contribution in [0.1, 0.15) is 20.8 Å². The topological polar surface area (TPSA) is 154 Å². The molecule has 3 aromatic carbocycles. The van der Waals surface area contributed by atoms with Gasteiger partial charge in [-0.15, -0.1) is 0 Å². The third-order valence-electron chi connectivity index (χ3n) is 7.19. The molecule has 5 aromatic rings. The van der Waals surface area contributed by atoms with Crippen LogP contribution in [0.5, 0.6) is 0 Å². The van der Waals surface area contributed by atoms with E-state index in [0.29, 0.717) is 65.5 Å². The minimum Gasteiger partial charge on any atom is -0.399 e. The number of nitrogens with zero attached hydrogens (tertiary/aromatic N) is 4. The summed E-state index contributed by atoms with van der Waals surface area (Å²) in [6, 6.07) is 21.8. The summed E-state index contributed by atoms with van der Waals surface area (Å²) in [6.07, 6.45) is 3.18. The molecule has 0 atom stereocenters. The second-order valence-electron chi connectivity index (χ2n) is 9.87. The van der Waals surface area contributed by atoms with E-state index in [2.05, 4.69) is 19.9 Å². The van der Waals surface area contributed by atoms with Gasteiger partial charge < -0.3 is 15.5 Å². The fourth-order valence-electron chi connectivity index (χ4n) is 5.05. The number of para-hydroxylation sites is 1. The standard InChI is InChI=1S/C30H27N7O4S/c31-22-8-11-27(25(19-22)24-5-1-3-20-4-2-13-32-28(20)24)42(40,41)35-23-9-6-21(7-10-23)29(38)36-15-17-37(18-16-36)30(39)26-12-14-33-34-26/h1-14,19,35H,15-18,31H2,(H,33,34). The first-order valence-corrected chi connectivity index (χ1v) is 14.7. The number of fused-ring (bicyclic) bond motifs is 1. The van der Waals surface area contributed by atoms with Gasteiger partial charge in [0.15, 0.2) is 0 Å². The number of carbonyl (C=O) groups excluding carboxylic acids is 2. The van der Waals surface area contributed by atoms with Crippen LogP contribution in [0.15, 0.2) is 96.2 Å². The zero-order chi connectivity index (χ0) is 29.3. The van der Waals surface area contributed by atoms with Crippen molar-refractivity contribution < 1.29 is 18.0 Å². The number of nitrogen functional groups attached to an aromatic ring is 1. The predicted molar refractivity (Wildman–Crippen MR) is 159 cm³/mol. The van der Waals surface area contributed by atoms with E-state index in [0.717, 1.165) is 5.39 Å². The van der Waals surface area contributed by atoms with Crippen LogP contribution in [-0.2, 0) is 10.0 Å². The lowest BCUT2D eigenvalue weighted by molar-refractivity contribution is 0.0532. The zero-order valence-electron chi connectivity index (χ0n) is 22.4. The molecule has 0 unspecified atom stereocenters. The monoisotopic (exact) mass is 581 g/mol. The molecule has 212 valence electrons. The molecule has 0 spiro atoms. The Hall–Kier alpha value is -5.23. The van der Waals surface area contributed by atoms with E-state index in [4.69, 9.17) is 5.73 Å². The molecule has 0 radical (unpaired) electrons. The van der Waals surface area contributed by atoms with Crippen molar-refractivity contribution in [1.29, 1.82) is 0 Å². The number of sulfonamides is 1. The van der Waals surface area contributed by atoms with Crippen molar-refractivity contribution in [1.82, 2.24) is 25.0 Å². The van der Waals surface area contributed by atoms with Crippen molar-refractivity contribution >= 4 is 44.1 Å². The number of benzene rings is 3. The van der Waals surface area contributed by atoms with E-state index in [1.54, 1.807) is 58.5 Å². The minimum absolute atomic E-state index is 0.0533. The number of pyridine rings is 1. The van der Waals surface area contributed by atoms with E-state index in [9.17, 15) is 18.0 Å². The third kappa shape index (κ3) is 5.27. The molecule has 0 bridgehead atoms. The maximum absolute atomic E-state index is 13.6. The molecule has 6 rings (SSSR count). The molecule has 3 heterocycles. The van der Waals surface area contributed by atoms with E-state index in [1.165, 1.54) is 12.3 Å². The summed E-state index contributed by atoms with van der Waals surface area (Å²) < 4.78 is 29.8. The van der Waals surface area contributed by atoms with Gasteiger partial charge in [-0.25, -0.2) is 8.42 Å². The van der Waals surface area contributed by atoms with E-state index in [-0.39, 0.29) is 16.7 Å². The first kappa shape index (κ1) is 27.0. The molecule has 1 aliphatic heterocycles. The fraction of sp³-hybridized carbons (Fsp3) is 0.133. The smallest absolute Gasteiger partial charge is 0.271 e. The second-order valence-corrected chi connectivity index (χ2v) is 11.5. The number of piperazine rings is 1. The quantitative estimate of drug-likeness (QED) is 0.259. The number of hydrogen-bond donors (Lipinski definition) is 3. The molecule has 0 aliphatic carbocycles. The van der Waals surface area contributed by atoms with E-state index >= 15 is 0 Å². The van der Waals surface area contributed by atoms with Crippen molar-refractivity contribution in [2.24, 2.45) is 0 Å². The lowest BCUT2D eigenvalue weighted by Crippen LogP contribution is -2.50. The Balaban J connectivity index is 1.18. The maximum Gasteiger partial charge on any atom is 0.271 e. The van der Waals surface area contributed by atoms with Gasteiger partial charge in [0.2, 0.25) is 0 Å². The average Bonchev–Trinajstić information content (AvgIpc) is 3.55. The molecular formula is C30H27N7O4S. The summed E-state index contributed by atoms with van der Waals surface area (Å²) in [6.45, 7) is 1.57. The van der Waals surface area contributed by atoms with Crippen molar-refractivity contribution in [3.05, 3.63) is 103 Å². The van der Waals surface area contributed by atoms with Gasteiger partial charge in [-0.2, -0.15) is 5.10 Å². The van der Waals surface area contributed by atoms with Crippen molar-refractivity contribution in [2.45, 2.75) is 4.90 Å². The Kier molecular flexibility index (Phi) is 7.05. The number of nitrogens with two attached hydrogens (primary N) is 1. The maximum atomic E-state index is 13.6. The number of rotatable bonds is 6. The second kappa shape index (κ2) is 11.0. The number of hydrogen-bond acceptors (Lipinski definition) is 7. The Labute approximate surface area is 242 Å².